The van der Waals surface area contributed by atoms with Gasteiger partial charge in [0.25, 0.3) is 0 Å². The summed E-state index contributed by atoms with van der Waals surface area (Å²) >= 11 is 0. The summed E-state index contributed by atoms with van der Waals surface area (Å²) in [5.41, 5.74) is 0. The standard InChI is InChI=1S/C14H28O2/c1-4-5-6-7-9-13-10-8-11-14(16-13)12(2)15-3/h12-14H,4-11H2,1-3H3/t12-,13+,14+/m1/s1. The molecule has 0 N–H and O–H groups in total. The molecule has 96 valence electrons. The van der Waals surface area contributed by atoms with E-state index in [1.165, 1.54) is 51.4 Å². The molecule has 0 bridgehead atoms. The van der Waals surface area contributed by atoms with Crippen LogP contribution in [0.15, 0.2) is 0 Å². The lowest BCUT2D eigenvalue weighted by Crippen LogP contribution is -2.36. The Labute approximate surface area is 101 Å². The van der Waals surface area contributed by atoms with Crippen molar-refractivity contribution < 1.29 is 9.47 Å². The van der Waals surface area contributed by atoms with Crippen molar-refractivity contribution in [3.63, 3.8) is 0 Å². The van der Waals surface area contributed by atoms with Gasteiger partial charge in [0.2, 0.25) is 0 Å². The summed E-state index contributed by atoms with van der Waals surface area (Å²) < 4.78 is 11.5. The van der Waals surface area contributed by atoms with Crippen LogP contribution in [0, 0.1) is 0 Å². The van der Waals surface area contributed by atoms with Crippen molar-refractivity contribution in [2.75, 3.05) is 7.11 Å². The maximum absolute atomic E-state index is 6.09. The summed E-state index contributed by atoms with van der Waals surface area (Å²) in [5, 5.41) is 0. The molecule has 1 heterocycles. The number of ether oxygens (including phenoxy) is 2. The van der Waals surface area contributed by atoms with Gasteiger partial charge in [-0.15, -0.1) is 0 Å². The summed E-state index contributed by atoms with van der Waals surface area (Å²) in [4.78, 5) is 0. The Kier molecular flexibility index (Phi) is 7.06. The normalized spacial score (nSPS) is 27.9. The Morgan fingerprint density at radius 3 is 2.75 bits per heavy atom. The van der Waals surface area contributed by atoms with Gasteiger partial charge in [0.1, 0.15) is 0 Å². The van der Waals surface area contributed by atoms with Crippen molar-refractivity contribution in [3.8, 4) is 0 Å². The second-order valence-electron chi connectivity index (χ2n) is 5.02. The topological polar surface area (TPSA) is 18.5 Å². The summed E-state index contributed by atoms with van der Waals surface area (Å²) in [5.74, 6) is 0. The monoisotopic (exact) mass is 228 g/mol. The Morgan fingerprint density at radius 2 is 2.06 bits per heavy atom. The van der Waals surface area contributed by atoms with Crippen LogP contribution in [0.4, 0.5) is 0 Å². The van der Waals surface area contributed by atoms with E-state index in [-0.39, 0.29) is 6.10 Å². The molecule has 0 radical (unpaired) electrons. The van der Waals surface area contributed by atoms with Crippen LogP contribution in [0.5, 0.6) is 0 Å². The van der Waals surface area contributed by atoms with E-state index >= 15 is 0 Å². The minimum Gasteiger partial charge on any atom is -0.379 e. The number of methoxy groups -OCH3 is 1. The van der Waals surface area contributed by atoms with Crippen molar-refractivity contribution in [1.29, 1.82) is 0 Å². The third-order valence-electron chi connectivity index (χ3n) is 3.66. The van der Waals surface area contributed by atoms with E-state index in [1.807, 2.05) is 0 Å². The zero-order chi connectivity index (χ0) is 11.8. The van der Waals surface area contributed by atoms with E-state index in [9.17, 15) is 0 Å². The van der Waals surface area contributed by atoms with Crippen molar-refractivity contribution >= 4 is 0 Å². The van der Waals surface area contributed by atoms with E-state index in [1.54, 1.807) is 7.11 Å². The van der Waals surface area contributed by atoms with Crippen molar-refractivity contribution in [2.45, 2.75) is 83.5 Å². The van der Waals surface area contributed by atoms with Gasteiger partial charge in [-0.25, -0.2) is 0 Å². The maximum atomic E-state index is 6.09. The zero-order valence-electron chi connectivity index (χ0n) is 11.2. The highest BCUT2D eigenvalue weighted by Gasteiger charge is 2.26. The Balaban J connectivity index is 2.17. The molecule has 2 heteroatoms. The molecular formula is C14H28O2. The first-order chi connectivity index (χ1) is 7.77. The van der Waals surface area contributed by atoms with Crippen LogP contribution in [0.2, 0.25) is 0 Å². The van der Waals surface area contributed by atoms with Crippen molar-refractivity contribution in [1.82, 2.24) is 0 Å². The molecule has 1 aliphatic rings. The van der Waals surface area contributed by atoms with Gasteiger partial charge in [-0.3, -0.25) is 0 Å². The van der Waals surface area contributed by atoms with Crippen LogP contribution < -0.4 is 0 Å². The van der Waals surface area contributed by atoms with Crippen LogP contribution in [-0.2, 0) is 9.47 Å². The molecule has 0 aromatic heterocycles. The van der Waals surface area contributed by atoms with Crippen LogP contribution in [0.25, 0.3) is 0 Å². The van der Waals surface area contributed by atoms with Gasteiger partial charge < -0.3 is 9.47 Å². The van der Waals surface area contributed by atoms with Gasteiger partial charge in [-0.1, -0.05) is 32.6 Å². The second-order valence-corrected chi connectivity index (χ2v) is 5.02. The summed E-state index contributed by atoms with van der Waals surface area (Å²) in [6.45, 7) is 4.37. The molecule has 0 unspecified atom stereocenters. The first kappa shape index (κ1) is 14.0. The van der Waals surface area contributed by atoms with Crippen LogP contribution >= 0.6 is 0 Å². The zero-order valence-corrected chi connectivity index (χ0v) is 11.2. The summed E-state index contributed by atoms with van der Waals surface area (Å²) in [6.07, 6.45) is 11.4. The highest BCUT2D eigenvalue weighted by atomic mass is 16.5. The van der Waals surface area contributed by atoms with Gasteiger partial charge in [0.05, 0.1) is 18.3 Å². The average molecular weight is 228 g/mol. The largest absolute Gasteiger partial charge is 0.379 e. The molecule has 2 nitrogen and oxygen atoms in total. The third-order valence-corrected chi connectivity index (χ3v) is 3.66. The predicted molar refractivity (Wildman–Crippen MR) is 67.7 cm³/mol. The molecule has 1 aliphatic heterocycles. The molecule has 0 amide bonds. The Bertz CT molecular complexity index is 170. The maximum Gasteiger partial charge on any atom is 0.0837 e. The molecule has 0 saturated carbocycles. The van der Waals surface area contributed by atoms with Crippen molar-refractivity contribution in [2.24, 2.45) is 0 Å². The lowest BCUT2D eigenvalue weighted by atomic mass is 9.97. The first-order valence-corrected chi connectivity index (χ1v) is 6.96. The Hall–Kier alpha value is -0.0800. The molecule has 16 heavy (non-hydrogen) atoms. The van der Waals surface area contributed by atoms with Crippen molar-refractivity contribution in [3.05, 3.63) is 0 Å². The minimum absolute atomic E-state index is 0.249. The van der Waals surface area contributed by atoms with Crippen LogP contribution in [0.3, 0.4) is 0 Å². The van der Waals surface area contributed by atoms with Gasteiger partial charge in [-0.05, 0) is 32.6 Å². The highest BCUT2D eigenvalue weighted by Crippen LogP contribution is 2.25. The Morgan fingerprint density at radius 1 is 1.25 bits per heavy atom. The molecule has 0 aliphatic carbocycles. The van der Waals surface area contributed by atoms with Crippen LogP contribution in [0.1, 0.15) is 65.2 Å². The smallest absolute Gasteiger partial charge is 0.0837 e. The van der Waals surface area contributed by atoms with Gasteiger partial charge in [0.15, 0.2) is 0 Å². The number of rotatable bonds is 7. The van der Waals surface area contributed by atoms with Crippen LogP contribution in [-0.4, -0.2) is 25.4 Å². The summed E-state index contributed by atoms with van der Waals surface area (Å²) in [7, 11) is 1.78. The lowest BCUT2D eigenvalue weighted by Gasteiger charge is -2.33. The van der Waals surface area contributed by atoms with E-state index < -0.39 is 0 Å². The van der Waals surface area contributed by atoms with E-state index in [0.29, 0.717) is 12.2 Å². The fourth-order valence-electron chi connectivity index (χ4n) is 2.44. The fraction of sp³-hybridized carbons (Fsp3) is 1.00. The molecular weight excluding hydrogens is 200 g/mol. The molecule has 1 rings (SSSR count). The molecule has 0 aromatic rings. The number of unbranched alkanes of at least 4 members (excludes halogenated alkanes) is 3. The van der Waals surface area contributed by atoms with Gasteiger partial charge in [0, 0.05) is 7.11 Å². The third kappa shape index (κ3) is 4.84. The predicted octanol–water partition coefficient (Wildman–Crippen LogP) is 3.93. The second kappa shape index (κ2) is 8.08. The minimum atomic E-state index is 0.249. The lowest BCUT2D eigenvalue weighted by molar-refractivity contribution is -0.112. The van der Waals surface area contributed by atoms with Gasteiger partial charge >= 0.3 is 0 Å². The SMILES string of the molecule is CCCCCC[C@H]1CCC[C@@H]([C@@H](C)OC)O1. The molecule has 1 saturated heterocycles. The van der Waals surface area contributed by atoms with Gasteiger partial charge in [-0.2, -0.15) is 0 Å². The molecule has 0 aromatic carbocycles. The van der Waals surface area contributed by atoms with E-state index in [2.05, 4.69) is 13.8 Å². The first-order valence-electron chi connectivity index (χ1n) is 6.96. The molecule has 0 spiro atoms. The van der Waals surface area contributed by atoms with E-state index in [0.717, 1.165) is 0 Å². The molecule has 3 atom stereocenters. The molecule has 1 fully saturated rings. The quantitative estimate of drug-likeness (QED) is 0.615. The number of hydrogen-bond donors (Lipinski definition) is 0. The summed E-state index contributed by atoms with van der Waals surface area (Å²) in [6, 6.07) is 0. The fourth-order valence-corrected chi connectivity index (χ4v) is 2.44. The average Bonchev–Trinajstić information content (AvgIpc) is 2.34. The number of hydrogen-bond acceptors (Lipinski definition) is 2. The van der Waals surface area contributed by atoms with E-state index in [4.69, 9.17) is 9.47 Å². The highest BCUT2D eigenvalue weighted by molar-refractivity contribution is 4.75.